The Labute approximate surface area is 155 Å². The highest BCUT2D eigenvalue weighted by Gasteiger charge is 2.52. The summed E-state index contributed by atoms with van der Waals surface area (Å²) >= 11 is 5.81. The van der Waals surface area contributed by atoms with Gasteiger partial charge in [0.25, 0.3) is 0 Å². The van der Waals surface area contributed by atoms with E-state index in [-0.39, 0.29) is 17.1 Å². The normalized spacial score (nSPS) is 34.2. The van der Waals surface area contributed by atoms with Crippen LogP contribution in [-0.2, 0) is 11.0 Å². The summed E-state index contributed by atoms with van der Waals surface area (Å²) < 4.78 is 40.2. The summed E-state index contributed by atoms with van der Waals surface area (Å²) in [7, 11) is 0. The molecule has 1 atom stereocenters. The highest BCUT2D eigenvalue weighted by atomic mass is 35.5. The summed E-state index contributed by atoms with van der Waals surface area (Å²) in [6, 6.07) is -0.836. The van der Waals surface area contributed by atoms with Gasteiger partial charge in [0.1, 0.15) is 6.04 Å². The zero-order valence-corrected chi connectivity index (χ0v) is 15.6. The first-order valence-electron chi connectivity index (χ1n) is 9.22. The molecule has 4 aliphatic rings. The SMILES string of the molecule is Cc1c(Cl)c(C(F)(F)F)nn1C(C)C(=O)NC12CC3CC(CC(C3)C1)C2. The van der Waals surface area contributed by atoms with E-state index in [1.54, 1.807) is 6.92 Å². The lowest BCUT2D eigenvalue weighted by atomic mass is 9.53. The lowest BCUT2D eigenvalue weighted by Crippen LogP contribution is -2.60. The van der Waals surface area contributed by atoms with Gasteiger partial charge in [-0.3, -0.25) is 9.48 Å². The molecule has 0 aromatic carbocycles. The monoisotopic (exact) mass is 389 g/mol. The molecule has 1 aromatic heterocycles. The molecule has 0 saturated heterocycles. The minimum atomic E-state index is -4.64. The molecule has 1 amide bonds. The van der Waals surface area contributed by atoms with Crippen LogP contribution in [0.25, 0.3) is 0 Å². The predicted molar refractivity (Wildman–Crippen MR) is 90.7 cm³/mol. The smallest absolute Gasteiger partial charge is 0.349 e. The van der Waals surface area contributed by atoms with Gasteiger partial charge in [0, 0.05) is 5.54 Å². The third kappa shape index (κ3) is 2.92. The Hall–Kier alpha value is -1.24. The molecule has 144 valence electrons. The topological polar surface area (TPSA) is 46.9 Å². The third-order valence-corrected chi connectivity index (χ3v) is 6.97. The van der Waals surface area contributed by atoms with Gasteiger partial charge in [-0.05, 0) is 70.1 Å². The van der Waals surface area contributed by atoms with Gasteiger partial charge < -0.3 is 5.32 Å². The van der Waals surface area contributed by atoms with Gasteiger partial charge in [-0.15, -0.1) is 0 Å². The Bertz CT molecular complexity index is 707. The van der Waals surface area contributed by atoms with Crippen molar-refractivity contribution >= 4 is 17.5 Å². The molecule has 1 heterocycles. The van der Waals surface area contributed by atoms with Crippen LogP contribution in [0.3, 0.4) is 0 Å². The van der Waals surface area contributed by atoms with Crippen molar-refractivity contribution < 1.29 is 18.0 Å². The Morgan fingerprint density at radius 2 is 1.73 bits per heavy atom. The third-order valence-electron chi connectivity index (χ3n) is 6.52. The molecule has 26 heavy (non-hydrogen) atoms. The van der Waals surface area contributed by atoms with Gasteiger partial charge in [-0.25, -0.2) is 0 Å². The number of nitrogens with one attached hydrogen (secondary N) is 1. The number of aromatic nitrogens is 2. The fourth-order valence-electron chi connectivity index (χ4n) is 5.80. The van der Waals surface area contributed by atoms with Gasteiger partial charge in [0.05, 0.1) is 10.7 Å². The van der Waals surface area contributed by atoms with Crippen LogP contribution in [0.1, 0.15) is 62.9 Å². The molecule has 4 nitrogen and oxygen atoms in total. The number of halogens is 4. The predicted octanol–water partition coefficient (Wildman–Crippen LogP) is 4.51. The van der Waals surface area contributed by atoms with E-state index >= 15 is 0 Å². The Kier molecular flexibility index (Phi) is 4.10. The molecule has 1 N–H and O–H groups in total. The number of rotatable bonds is 3. The first-order valence-corrected chi connectivity index (χ1v) is 9.59. The summed E-state index contributed by atoms with van der Waals surface area (Å²) in [6.07, 6.45) is 2.11. The maximum atomic E-state index is 13.0. The van der Waals surface area contributed by atoms with Crippen molar-refractivity contribution in [3.63, 3.8) is 0 Å². The lowest BCUT2D eigenvalue weighted by Gasteiger charge is -2.57. The van der Waals surface area contributed by atoms with E-state index in [4.69, 9.17) is 11.6 Å². The van der Waals surface area contributed by atoms with Crippen molar-refractivity contribution in [2.75, 3.05) is 0 Å². The van der Waals surface area contributed by atoms with E-state index in [0.717, 1.165) is 23.9 Å². The van der Waals surface area contributed by atoms with Crippen molar-refractivity contribution in [2.45, 2.75) is 70.1 Å². The highest BCUT2D eigenvalue weighted by Crippen LogP contribution is 2.55. The van der Waals surface area contributed by atoms with Crippen LogP contribution < -0.4 is 5.32 Å². The van der Waals surface area contributed by atoms with Crippen molar-refractivity contribution in [3.05, 3.63) is 16.4 Å². The minimum Gasteiger partial charge on any atom is -0.349 e. The Balaban J connectivity index is 1.54. The van der Waals surface area contributed by atoms with Gasteiger partial charge in [-0.1, -0.05) is 11.6 Å². The van der Waals surface area contributed by atoms with Gasteiger partial charge >= 0.3 is 6.18 Å². The maximum Gasteiger partial charge on any atom is 0.436 e. The van der Waals surface area contributed by atoms with Crippen LogP contribution in [0.2, 0.25) is 5.02 Å². The molecule has 4 bridgehead atoms. The molecular formula is C18H23ClF3N3O. The summed E-state index contributed by atoms with van der Waals surface area (Å²) in [5.41, 5.74) is -1.16. The zero-order chi connectivity index (χ0) is 18.9. The molecule has 0 radical (unpaired) electrons. The number of amides is 1. The highest BCUT2D eigenvalue weighted by molar-refractivity contribution is 6.32. The molecule has 8 heteroatoms. The number of nitrogens with zero attached hydrogens (tertiary/aromatic N) is 2. The second-order valence-corrected chi connectivity index (χ2v) is 8.93. The number of hydrogen-bond acceptors (Lipinski definition) is 2. The fourth-order valence-corrected chi connectivity index (χ4v) is 6.03. The van der Waals surface area contributed by atoms with E-state index in [1.165, 1.54) is 26.2 Å². The molecule has 1 aromatic rings. The number of carbonyl (C=O) groups excluding carboxylic acids is 1. The molecule has 1 unspecified atom stereocenters. The number of alkyl halides is 3. The van der Waals surface area contributed by atoms with Gasteiger partial charge in [0.15, 0.2) is 5.69 Å². The van der Waals surface area contributed by atoms with Gasteiger partial charge in [0.2, 0.25) is 5.91 Å². The van der Waals surface area contributed by atoms with E-state index in [0.29, 0.717) is 17.8 Å². The van der Waals surface area contributed by atoms with Crippen LogP contribution in [-0.4, -0.2) is 21.2 Å². The van der Waals surface area contributed by atoms with E-state index < -0.39 is 22.9 Å². The Morgan fingerprint density at radius 3 is 2.15 bits per heavy atom. The van der Waals surface area contributed by atoms with Crippen LogP contribution >= 0.6 is 11.6 Å². The molecule has 4 aliphatic carbocycles. The Morgan fingerprint density at radius 1 is 1.23 bits per heavy atom. The first-order chi connectivity index (χ1) is 12.1. The summed E-state index contributed by atoms with van der Waals surface area (Å²) in [4.78, 5) is 12.9. The summed E-state index contributed by atoms with van der Waals surface area (Å²) in [5, 5.41) is 6.35. The molecule has 4 saturated carbocycles. The van der Waals surface area contributed by atoms with Crippen LogP contribution in [0.15, 0.2) is 0 Å². The summed E-state index contributed by atoms with van der Waals surface area (Å²) in [5.74, 6) is 1.75. The average molecular weight is 390 g/mol. The van der Waals surface area contributed by atoms with E-state index in [9.17, 15) is 18.0 Å². The van der Waals surface area contributed by atoms with Crippen molar-refractivity contribution in [1.82, 2.24) is 15.1 Å². The van der Waals surface area contributed by atoms with E-state index in [2.05, 4.69) is 10.4 Å². The molecule has 0 aliphatic heterocycles. The molecule has 0 spiro atoms. The summed E-state index contributed by atoms with van der Waals surface area (Å²) in [6.45, 7) is 3.03. The second-order valence-electron chi connectivity index (χ2n) is 8.55. The van der Waals surface area contributed by atoms with Crippen molar-refractivity contribution in [3.8, 4) is 0 Å². The maximum absolute atomic E-state index is 13.0. The standard InChI is InChI=1S/C18H23ClF3N3O/c1-9-14(19)15(18(20,21)22)24-25(9)10(2)16(26)23-17-6-11-3-12(7-17)5-13(4-11)8-17/h10-13H,3-8H2,1-2H3,(H,23,26). The lowest BCUT2D eigenvalue weighted by molar-refractivity contribution is -0.142. The minimum absolute atomic E-state index is 0.159. The average Bonchev–Trinajstić information content (AvgIpc) is 2.80. The second kappa shape index (κ2) is 5.88. The molecule has 4 fully saturated rings. The van der Waals surface area contributed by atoms with E-state index in [1.807, 2.05) is 0 Å². The van der Waals surface area contributed by atoms with Crippen LogP contribution in [0.5, 0.6) is 0 Å². The van der Waals surface area contributed by atoms with Gasteiger partial charge in [-0.2, -0.15) is 18.3 Å². The molecule has 5 rings (SSSR count). The van der Waals surface area contributed by atoms with Crippen LogP contribution in [0.4, 0.5) is 13.2 Å². The zero-order valence-electron chi connectivity index (χ0n) is 14.9. The van der Waals surface area contributed by atoms with Crippen molar-refractivity contribution in [2.24, 2.45) is 17.8 Å². The number of hydrogen-bond donors (Lipinski definition) is 1. The largest absolute Gasteiger partial charge is 0.436 e. The van der Waals surface area contributed by atoms with Crippen LogP contribution in [0, 0.1) is 24.7 Å². The quantitative estimate of drug-likeness (QED) is 0.826. The van der Waals surface area contributed by atoms with Crippen molar-refractivity contribution in [1.29, 1.82) is 0 Å². The number of carbonyl (C=O) groups is 1. The molecular weight excluding hydrogens is 367 g/mol. The first kappa shape index (κ1) is 18.1. The fraction of sp³-hybridized carbons (Fsp3) is 0.778.